The van der Waals surface area contributed by atoms with E-state index in [1.807, 2.05) is 0 Å². The molecule has 2 aromatic heterocycles. The van der Waals surface area contributed by atoms with Crippen molar-refractivity contribution in [1.29, 1.82) is 0 Å². The Hall–Kier alpha value is -3.10. The molecule has 4 rings (SSSR count). The largest absolute Gasteiger partial charge is 0.364 e. The summed E-state index contributed by atoms with van der Waals surface area (Å²) in [6.07, 6.45) is 5.89. The number of benzene rings is 1. The number of nitrogens with zero attached hydrogens (tertiary/aromatic N) is 3. The number of allylic oxidation sites excluding steroid dienone is 2. The molecule has 3 N–H and O–H groups in total. The van der Waals surface area contributed by atoms with E-state index in [9.17, 15) is 19.4 Å². The first-order valence-corrected chi connectivity index (χ1v) is 10.3. The lowest BCUT2D eigenvalue weighted by atomic mass is 9.98. The van der Waals surface area contributed by atoms with E-state index < -0.39 is 18.1 Å². The molecular formula is C23H25FN4O3. The molecular weight excluding hydrogens is 399 g/mol. The molecule has 1 aliphatic carbocycles. The molecule has 0 amide bonds. The zero-order valence-electron chi connectivity index (χ0n) is 17.5. The van der Waals surface area contributed by atoms with Gasteiger partial charge in [0.05, 0.1) is 16.9 Å². The van der Waals surface area contributed by atoms with Crippen molar-refractivity contribution in [3.63, 3.8) is 0 Å². The minimum absolute atomic E-state index is 0.201. The molecule has 2 heterocycles. The summed E-state index contributed by atoms with van der Waals surface area (Å²) in [5.41, 5.74) is 1.84. The summed E-state index contributed by atoms with van der Waals surface area (Å²) in [6.45, 7) is 1.79. The van der Waals surface area contributed by atoms with E-state index in [1.54, 1.807) is 20.0 Å². The second-order valence-electron chi connectivity index (χ2n) is 7.85. The molecule has 0 aliphatic heterocycles. The molecule has 1 aliphatic rings. The zero-order valence-corrected chi connectivity index (χ0v) is 17.5. The van der Waals surface area contributed by atoms with Gasteiger partial charge in [0, 0.05) is 24.4 Å². The van der Waals surface area contributed by atoms with Crippen LogP contribution in [0.15, 0.2) is 41.3 Å². The molecule has 0 fully saturated rings. The molecule has 1 atom stereocenters. The number of pyridine rings is 1. The van der Waals surface area contributed by atoms with Crippen LogP contribution in [0.2, 0.25) is 0 Å². The summed E-state index contributed by atoms with van der Waals surface area (Å²) in [7, 11) is 1.66. The number of rotatable bonds is 5. The summed E-state index contributed by atoms with van der Waals surface area (Å²) >= 11 is 0. The highest BCUT2D eigenvalue weighted by molar-refractivity contribution is 5.83. The van der Waals surface area contributed by atoms with Gasteiger partial charge in [-0.1, -0.05) is 6.08 Å². The van der Waals surface area contributed by atoms with Crippen LogP contribution in [-0.2, 0) is 7.05 Å². The lowest BCUT2D eigenvalue weighted by Crippen LogP contribution is -2.24. The first-order chi connectivity index (χ1) is 14.9. The van der Waals surface area contributed by atoms with E-state index in [4.69, 9.17) is 4.98 Å². The van der Waals surface area contributed by atoms with Crippen molar-refractivity contribution in [2.24, 2.45) is 7.05 Å². The quantitative estimate of drug-likeness (QED) is 0.542. The third-order valence-corrected chi connectivity index (χ3v) is 5.69. The maximum Gasteiger partial charge on any atom is 0.261 e. The van der Waals surface area contributed by atoms with Crippen LogP contribution < -0.4 is 10.9 Å². The molecule has 0 spiro atoms. The predicted octanol–water partition coefficient (Wildman–Crippen LogP) is 3.58. The Morgan fingerprint density at radius 2 is 2.03 bits per heavy atom. The van der Waals surface area contributed by atoms with Gasteiger partial charge in [0.25, 0.3) is 5.56 Å². The van der Waals surface area contributed by atoms with E-state index in [0.717, 1.165) is 31.3 Å². The zero-order chi connectivity index (χ0) is 22.1. The van der Waals surface area contributed by atoms with Gasteiger partial charge in [-0.15, -0.1) is 0 Å². The molecule has 0 saturated heterocycles. The summed E-state index contributed by atoms with van der Waals surface area (Å²) in [6, 6.07) is 5.20. The maximum atomic E-state index is 14.5. The highest BCUT2D eigenvalue weighted by Crippen LogP contribution is 2.30. The van der Waals surface area contributed by atoms with Crippen molar-refractivity contribution in [3.8, 4) is 0 Å². The van der Waals surface area contributed by atoms with Crippen LogP contribution in [0.25, 0.3) is 16.5 Å². The second kappa shape index (κ2) is 8.56. The topological polar surface area (TPSA) is 100 Å². The average molecular weight is 424 g/mol. The van der Waals surface area contributed by atoms with Crippen molar-refractivity contribution in [1.82, 2.24) is 14.5 Å². The minimum Gasteiger partial charge on any atom is -0.364 e. The number of hydrogen-bond donors (Lipinski definition) is 3. The molecule has 1 aromatic carbocycles. The SMILES string of the molecule is C[C@@H](Nc1ncccc1C(O)O)c1cc(F)cc2c(=O)n(C)c(C3=CCCCC3)nc12. The van der Waals surface area contributed by atoms with Gasteiger partial charge in [-0.25, -0.2) is 14.4 Å². The highest BCUT2D eigenvalue weighted by Gasteiger charge is 2.21. The van der Waals surface area contributed by atoms with Crippen LogP contribution in [0.3, 0.4) is 0 Å². The predicted molar refractivity (Wildman–Crippen MR) is 117 cm³/mol. The maximum absolute atomic E-state index is 14.5. The minimum atomic E-state index is -1.71. The van der Waals surface area contributed by atoms with Crippen molar-refractivity contribution >= 4 is 22.3 Å². The monoisotopic (exact) mass is 424 g/mol. The van der Waals surface area contributed by atoms with E-state index in [-0.39, 0.29) is 22.3 Å². The summed E-state index contributed by atoms with van der Waals surface area (Å²) < 4.78 is 15.9. The summed E-state index contributed by atoms with van der Waals surface area (Å²) in [5.74, 6) is 0.325. The molecule has 31 heavy (non-hydrogen) atoms. The number of halogens is 1. The first-order valence-electron chi connectivity index (χ1n) is 10.3. The number of aliphatic hydroxyl groups excluding tert-OH is 1. The van der Waals surface area contributed by atoms with Gasteiger partial charge in [0.2, 0.25) is 0 Å². The van der Waals surface area contributed by atoms with Crippen LogP contribution in [0.4, 0.5) is 10.2 Å². The Morgan fingerprint density at radius 1 is 1.23 bits per heavy atom. The number of aromatic nitrogens is 3. The van der Waals surface area contributed by atoms with Gasteiger partial charge in [0.1, 0.15) is 17.5 Å². The third-order valence-electron chi connectivity index (χ3n) is 5.69. The van der Waals surface area contributed by atoms with Crippen LogP contribution in [0.1, 0.15) is 61.9 Å². The second-order valence-corrected chi connectivity index (χ2v) is 7.85. The van der Waals surface area contributed by atoms with Crippen molar-refractivity contribution in [3.05, 3.63) is 69.7 Å². The van der Waals surface area contributed by atoms with Gasteiger partial charge in [-0.2, -0.15) is 0 Å². The fourth-order valence-electron chi connectivity index (χ4n) is 4.05. The van der Waals surface area contributed by atoms with Crippen molar-refractivity contribution < 1.29 is 14.6 Å². The fraction of sp³-hybridized carbons (Fsp3) is 0.348. The Kier molecular flexibility index (Phi) is 5.84. The van der Waals surface area contributed by atoms with Crippen LogP contribution >= 0.6 is 0 Å². The smallest absolute Gasteiger partial charge is 0.261 e. The van der Waals surface area contributed by atoms with E-state index in [0.29, 0.717) is 16.9 Å². The van der Waals surface area contributed by atoms with Crippen LogP contribution in [-0.4, -0.2) is 24.7 Å². The number of anilines is 1. The van der Waals surface area contributed by atoms with Crippen LogP contribution in [0, 0.1) is 5.82 Å². The van der Waals surface area contributed by atoms with Gasteiger partial charge < -0.3 is 15.5 Å². The lowest BCUT2D eigenvalue weighted by molar-refractivity contribution is -0.0421. The van der Waals surface area contributed by atoms with Gasteiger partial charge in [-0.3, -0.25) is 9.36 Å². The van der Waals surface area contributed by atoms with Gasteiger partial charge in [0.15, 0.2) is 6.29 Å². The molecule has 8 heteroatoms. The van der Waals surface area contributed by atoms with Crippen LogP contribution in [0.5, 0.6) is 0 Å². The third kappa shape index (κ3) is 4.08. The Balaban J connectivity index is 1.85. The first kappa shape index (κ1) is 21.1. The Morgan fingerprint density at radius 3 is 2.74 bits per heavy atom. The average Bonchev–Trinajstić information content (AvgIpc) is 2.77. The molecule has 3 aromatic rings. The number of nitrogens with one attached hydrogen (secondary N) is 1. The van der Waals surface area contributed by atoms with E-state index in [2.05, 4.69) is 16.4 Å². The van der Waals surface area contributed by atoms with Gasteiger partial charge >= 0.3 is 0 Å². The van der Waals surface area contributed by atoms with Crippen molar-refractivity contribution in [2.75, 3.05) is 5.32 Å². The standard InChI is InChI=1S/C23H25FN4O3/c1-13(26-20-16(23(30)31)9-6-10-25-20)17-11-15(24)12-18-19(17)27-21(28(2)22(18)29)14-7-4-3-5-8-14/h6-7,9-13,23,30-31H,3-5,8H2,1-2H3,(H,25,26)/t13-/m1/s1. The number of fused-ring (bicyclic) bond motifs is 1. The Bertz CT molecular complexity index is 1220. The lowest BCUT2D eigenvalue weighted by Gasteiger charge is -2.21. The molecule has 0 saturated carbocycles. The fourth-order valence-corrected chi connectivity index (χ4v) is 4.05. The number of hydrogen-bond acceptors (Lipinski definition) is 6. The molecule has 0 unspecified atom stereocenters. The van der Waals surface area contributed by atoms with E-state index in [1.165, 1.54) is 29.0 Å². The van der Waals surface area contributed by atoms with E-state index >= 15 is 0 Å². The molecule has 0 bridgehead atoms. The normalized spacial score (nSPS) is 15.2. The number of aliphatic hydroxyl groups is 2. The molecule has 162 valence electrons. The highest BCUT2D eigenvalue weighted by atomic mass is 19.1. The molecule has 7 nitrogen and oxygen atoms in total. The Labute approximate surface area is 178 Å². The summed E-state index contributed by atoms with van der Waals surface area (Å²) in [4.78, 5) is 22.0. The summed E-state index contributed by atoms with van der Waals surface area (Å²) in [5, 5.41) is 22.5. The van der Waals surface area contributed by atoms with Crippen molar-refractivity contribution in [2.45, 2.75) is 44.9 Å². The molecule has 0 radical (unpaired) electrons. The van der Waals surface area contributed by atoms with Gasteiger partial charge in [-0.05, 0) is 62.4 Å².